The number of aromatic nitrogens is 3. The molecule has 1 aliphatic carbocycles. The molecule has 0 amide bonds. The number of hydrogen-bond acceptors (Lipinski definition) is 5. The minimum absolute atomic E-state index is 0.0641. The van der Waals surface area contributed by atoms with E-state index in [0.717, 1.165) is 29.9 Å². The van der Waals surface area contributed by atoms with Crippen molar-refractivity contribution in [2.75, 3.05) is 13.2 Å². The minimum atomic E-state index is -0.987. The largest absolute Gasteiger partial charge is 0.478 e. The van der Waals surface area contributed by atoms with Gasteiger partial charge in [-0.1, -0.05) is 12.1 Å². The van der Waals surface area contributed by atoms with Crippen molar-refractivity contribution < 1.29 is 23.8 Å². The van der Waals surface area contributed by atoms with Gasteiger partial charge in [0.1, 0.15) is 11.6 Å². The zero-order valence-corrected chi connectivity index (χ0v) is 19.7. The van der Waals surface area contributed by atoms with Crippen LogP contribution >= 0.6 is 0 Å². The molecule has 0 radical (unpaired) electrons. The van der Waals surface area contributed by atoms with E-state index in [1.54, 1.807) is 36.4 Å². The number of imidazole rings is 1. The zero-order chi connectivity index (χ0) is 24.6. The lowest BCUT2D eigenvalue weighted by molar-refractivity contribution is -0.0589. The van der Waals surface area contributed by atoms with Gasteiger partial charge in [0, 0.05) is 24.7 Å². The highest BCUT2D eigenvalue weighted by atomic mass is 19.1. The number of fused-ring (bicyclic) bond motifs is 1. The summed E-state index contributed by atoms with van der Waals surface area (Å²) in [5.74, 6) is 0.512. The second-order valence-electron chi connectivity index (χ2n) is 9.54. The van der Waals surface area contributed by atoms with Crippen molar-refractivity contribution in [2.45, 2.75) is 38.3 Å². The number of ether oxygens (including phenoxy) is 2. The molecule has 2 fully saturated rings. The summed E-state index contributed by atoms with van der Waals surface area (Å²) in [7, 11) is 0. The van der Waals surface area contributed by atoms with Crippen LogP contribution in [0.15, 0.2) is 54.6 Å². The van der Waals surface area contributed by atoms with E-state index in [0.29, 0.717) is 48.1 Å². The third kappa shape index (κ3) is 4.68. The quantitative estimate of drug-likeness (QED) is 0.353. The van der Waals surface area contributed by atoms with Crippen LogP contribution in [0.5, 0.6) is 5.88 Å². The first-order chi connectivity index (χ1) is 17.5. The molecule has 184 valence electrons. The van der Waals surface area contributed by atoms with E-state index in [9.17, 15) is 9.90 Å². The van der Waals surface area contributed by atoms with Crippen LogP contribution in [0.3, 0.4) is 0 Å². The van der Waals surface area contributed by atoms with E-state index in [1.807, 2.05) is 16.7 Å². The Kier molecular flexibility index (Phi) is 5.89. The third-order valence-electron chi connectivity index (χ3n) is 6.81. The summed E-state index contributed by atoms with van der Waals surface area (Å²) in [6.45, 7) is 1.95. The van der Waals surface area contributed by atoms with E-state index in [-0.39, 0.29) is 17.5 Å². The monoisotopic (exact) mass is 487 g/mol. The average molecular weight is 488 g/mol. The van der Waals surface area contributed by atoms with Crippen molar-refractivity contribution >= 4 is 17.0 Å². The second-order valence-corrected chi connectivity index (χ2v) is 9.54. The highest BCUT2D eigenvalue weighted by molar-refractivity contribution is 5.92. The van der Waals surface area contributed by atoms with E-state index < -0.39 is 5.97 Å². The lowest BCUT2D eigenvalue weighted by atomic mass is 10.1. The van der Waals surface area contributed by atoms with E-state index in [2.05, 4.69) is 4.98 Å². The Balaban J connectivity index is 1.28. The average Bonchev–Trinajstić information content (AvgIpc) is 3.61. The summed E-state index contributed by atoms with van der Waals surface area (Å²) in [6, 6.07) is 15.4. The van der Waals surface area contributed by atoms with Crippen molar-refractivity contribution in [3.63, 3.8) is 0 Å². The van der Waals surface area contributed by atoms with E-state index >= 15 is 4.39 Å². The highest BCUT2D eigenvalue weighted by Gasteiger charge is 2.23. The fraction of sp³-hybridized carbons (Fsp3) is 0.321. The molecule has 3 heterocycles. The maximum Gasteiger partial charge on any atom is 0.335 e. The Morgan fingerprint density at radius 1 is 1.11 bits per heavy atom. The number of aromatic carboxylic acids is 1. The van der Waals surface area contributed by atoms with Crippen molar-refractivity contribution in [1.82, 2.24) is 14.5 Å². The van der Waals surface area contributed by atoms with Crippen molar-refractivity contribution in [1.29, 1.82) is 0 Å². The predicted molar refractivity (Wildman–Crippen MR) is 132 cm³/mol. The number of hydrogen-bond donors (Lipinski definition) is 1. The normalized spacial score (nSPS) is 17.2. The summed E-state index contributed by atoms with van der Waals surface area (Å²) in [4.78, 5) is 20.7. The number of halogens is 1. The Morgan fingerprint density at radius 3 is 2.69 bits per heavy atom. The highest BCUT2D eigenvalue weighted by Crippen LogP contribution is 2.30. The van der Waals surface area contributed by atoms with Crippen LogP contribution in [0.25, 0.3) is 22.3 Å². The lowest BCUT2D eigenvalue weighted by Gasteiger charge is -2.27. The predicted octanol–water partition coefficient (Wildman–Crippen LogP) is 5.10. The number of benzene rings is 2. The molecule has 36 heavy (non-hydrogen) atoms. The van der Waals surface area contributed by atoms with Gasteiger partial charge in [-0.25, -0.2) is 19.2 Å². The summed E-state index contributed by atoms with van der Waals surface area (Å²) >= 11 is 0. The van der Waals surface area contributed by atoms with E-state index in [4.69, 9.17) is 14.5 Å². The van der Waals surface area contributed by atoms with Crippen LogP contribution < -0.4 is 4.74 Å². The molecule has 0 bridgehead atoms. The fourth-order valence-electron chi connectivity index (χ4n) is 4.47. The molecule has 4 aromatic rings. The number of rotatable bonds is 9. The van der Waals surface area contributed by atoms with Gasteiger partial charge < -0.3 is 19.1 Å². The minimum Gasteiger partial charge on any atom is -0.478 e. The lowest BCUT2D eigenvalue weighted by Crippen LogP contribution is -2.31. The Labute approximate surface area is 207 Å². The number of carboxylic acids is 1. The molecule has 2 aromatic heterocycles. The van der Waals surface area contributed by atoms with Gasteiger partial charge in [0.2, 0.25) is 5.88 Å². The first-order valence-corrected chi connectivity index (χ1v) is 12.3. The van der Waals surface area contributed by atoms with E-state index in [1.165, 1.54) is 18.9 Å². The molecule has 8 heteroatoms. The summed E-state index contributed by atoms with van der Waals surface area (Å²) < 4.78 is 28.6. The fourth-order valence-corrected chi connectivity index (χ4v) is 4.47. The molecule has 0 unspecified atom stereocenters. The Hall–Kier alpha value is -3.78. The van der Waals surface area contributed by atoms with Crippen LogP contribution in [0.4, 0.5) is 4.39 Å². The molecule has 1 aliphatic heterocycles. The van der Waals surface area contributed by atoms with Gasteiger partial charge in [0.25, 0.3) is 0 Å². The molecule has 1 saturated heterocycles. The SMILES string of the molecule is O=C(O)c1ccc2nc(Cc3ccc(-c4cccc(OCC5CC5)n4)c(F)c3)n(C[C@@H]3CCO3)c2c1. The first kappa shape index (κ1) is 22.7. The topological polar surface area (TPSA) is 86.5 Å². The van der Waals surface area contributed by atoms with Crippen molar-refractivity contribution in [2.24, 2.45) is 5.92 Å². The molecular weight excluding hydrogens is 461 g/mol. The van der Waals surface area contributed by atoms with Gasteiger partial charge in [-0.15, -0.1) is 0 Å². The van der Waals surface area contributed by atoms with Gasteiger partial charge in [0.05, 0.1) is 41.5 Å². The molecule has 1 atom stereocenters. The molecule has 1 saturated carbocycles. The van der Waals surface area contributed by atoms with Gasteiger partial charge in [-0.05, 0) is 67.1 Å². The summed E-state index contributed by atoms with van der Waals surface area (Å²) in [6.07, 6.45) is 3.79. The molecule has 0 spiro atoms. The number of pyridine rings is 1. The Morgan fingerprint density at radius 2 is 1.97 bits per heavy atom. The van der Waals surface area contributed by atoms with Crippen LogP contribution in [0.2, 0.25) is 0 Å². The van der Waals surface area contributed by atoms with Crippen LogP contribution in [0, 0.1) is 11.7 Å². The Bertz CT molecular complexity index is 1440. The van der Waals surface area contributed by atoms with Gasteiger partial charge in [0.15, 0.2) is 0 Å². The second kappa shape index (κ2) is 9.35. The molecule has 2 aliphatic rings. The first-order valence-electron chi connectivity index (χ1n) is 12.3. The number of carbonyl (C=O) groups is 1. The molecule has 2 aromatic carbocycles. The van der Waals surface area contributed by atoms with Gasteiger partial charge in [-0.2, -0.15) is 0 Å². The maximum absolute atomic E-state index is 15.2. The smallest absolute Gasteiger partial charge is 0.335 e. The van der Waals surface area contributed by atoms with Gasteiger partial charge in [-0.3, -0.25) is 0 Å². The van der Waals surface area contributed by atoms with Gasteiger partial charge >= 0.3 is 5.97 Å². The molecule has 7 nitrogen and oxygen atoms in total. The van der Waals surface area contributed by atoms with Crippen molar-refractivity contribution in [3.8, 4) is 17.1 Å². The zero-order valence-electron chi connectivity index (χ0n) is 19.7. The third-order valence-corrected chi connectivity index (χ3v) is 6.81. The molecular formula is C28H26FN3O4. The van der Waals surface area contributed by atoms with Crippen LogP contribution in [0.1, 0.15) is 41.0 Å². The number of carboxylic acid groups (broad SMARTS) is 1. The standard InChI is InChI=1S/C28H26FN3O4/c29-22-12-18(6-8-21(22)23-2-1-3-27(31-23)36-16-17-4-5-17)13-26-30-24-9-7-19(28(33)34)14-25(24)32(26)15-20-10-11-35-20/h1-3,6-9,12,14,17,20H,4-5,10-11,13,15-16H2,(H,33,34)/t20-/m0/s1. The maximum atomic E-state index is 15.2. The molecule has 6 rings (SSSR count). The van der Waals surface area contributed by atoms with Crippen LogP contribution in [-0.2, 0) is 17.7 Å². The summed E-state index contributed by atoms with van der Waals surface area (Å²) in [5.41, 5.74) is 3.36. The number of nitrogens with zero attached hydrogens (tertiary/aromatic N) is 3. The van der Waals surface area contributed by atoms with Crippen LogP contribution in [-0.4, -0.2) is 44.9 Å². The van der Waals surface area contributed by atoms with Crippen molar-refractivity contribution in [3.05, 3.63) is 77.4 Å². The summed E-state index contributed by atoms with van der Waals surface area (Å²) in [5, 5.41) is 9.43. The molecule has 1 N–H and O–H groups in total.